The van der Waals surface area contributed by atoms with Crippen LogP contribution in [0.3, 0.4) is 0 Å². The van der Waals surface area contributed by atoms with Crippen LogP contribution in [0, 0.1) is 15.9 Å². The Balaban J connectivity index is 2.33. The Hall–Kier alpha value is -2.67. The fourth-order valence-corrected chi connectivity index (χ4v) is 1.80. The number of nitrogens with zero attached hydrogens (tertiary/aromatic N) is 1. The zero-order chi connectivity index (χ0) is 15.6. The Morgan fingerprint density at radius 2 is 2.05 bits per heavy atom. The van der Waals surface area contributed by atoms with Gasteiger partial charge < -0.3 is 10.4 Å². The van der Waals surface area contributed by atoms with Gasteiger partial charge in [-0.05, 0) is 24.3 Å². The van der Waals surface area contributed by atoms with Gasteiger partial charge in [0, 0.05) is 11.1 Å². The highest BCUT2D eigenvalue weighted by molar-refractivity contribution is 6.30. The molecule has 0 aromatic heterocycles. The summed E-state index contributed by atoms with van der Waals surface area (Å²) in [4.78, 5) is 21.8. The molecular formula is C13H8ClFN2O4. The van der Waals surface area contributed by atoms with Crippen molar-refractivity contribution >= 4 is 28.9 Å². The van der Waals surface area contributed by atoms with Crippen molar-refractivity contribution in [2.45, 2.75) is 0 Å². The number of hydrogen-bond acceptors (Lipinski definition) is 4. The number of amides is 1. The molecule has 2 N–H and O–H groups in total. The van der Waals surface area contributed by atoms with Crippen molar-refractivity contribution in [1.82, 2.24) is 0 Å². The molecule has 0 aliphatic heterocycles. The first kappa shape index (κ1) is 14.7. The zero-order valence-electron chi connectivity index (χ0n) is 10.3. The van der Waals surface area contributed by atoms with E-state index in [1.807, 2.05) is 0 Å². The van der Waals surface area contributed by atoms with Crippen LogP contribution in [-0.2, 0) is 0 Å². The van der Waals surface area contributed by atoms with Gasteiger partial charge in [0.15, 0.2) is 0 Å². The largest absolute Gasteiger partial charge is 0.502 e. The van der Waals surface area contributed by atoms with Gasteiger partial charge >= 0.3 is 5.69 Å². The van der Waals surface area contributed by atoms with Crippen molar-refractivity contribution in [2.75, 3.05) is 5.32 Å². The summed E-state index contributed by atoms with van der Waals surface area (Å²) >= 11 is 5.58. The number of halogens is 2. The van der Waals surface area contributed by atoms with Crippen LogP contribution in [0.15, 0.2) is 36.4 Å². The van der Waals surface area contributed by atoms with Crippen LogP contribution in [0.2, 0.25) is 5.02 Å². The Bertz CT molecular complexity index is 736. The van der Waals surface area contributed by atoms with Gasteiger partial charge in [-0.15, -0.1) is 0 Å². The first-order chi connectivity index (χ1) is 9.90. The third-order valence-electron chi connectivity index (χ3n) is 2.64. The Labute approximate surface area is 122 Å². The van der Waals surface area contributed by atoms with Gasteiger partial charge in [-0.2, -0.15) is 0 Å². The second-order valence-corrected chi connectivity index (χ2v) is 4.45. The van der Waals surface area contributed by atoms with Gasteiger partial charge in [-0.25, -0.2) is 4.39 Å². The van der Waals surface area contributed by atoms with E-state index in [4.69, 9.17) is 11.6 Å². The van der Waals surface area contributed by atoms with E-state index in [9.17, 15) is 24.4 Å². The van der Waals surface area contributed by atoms with Gasteiger partial charge in [-0.3, -0.25) is 14.9 Å². The van der Waals surface area contributed by atoms with Crippen molar-refractivity contribution in [3.8, 4) is 5.75 Å². The third kappa shape index (κ3) is 3.09. The smallest absolute Gasteiger partial charge is 0.311 e. The van der Waals surface area contributed by atoms with Crippen molar-refractivity contribution < 1.29 is 19.2 Å². The minimum atomic E-state index is -0.877. The van der Waals surface area contributed by atoms with Crippen LogP contribution in [0.5, 0.6) is 5.75 Å². The number of para-hydroxylation sites is 1. The molecule has 2 rings (SSSR count). The molecule has 0 fully saturated rings. The number of carbonyl (C=O) groups is 1. The van der Waals surface area contributed by atoms with Gasteiger partial charge in [0.2, 0.25) is 5.75 Å². The summed E-state index contributed by atoms with van der Waals surface area (Å²) in [6.07, 6.45) is 0. The molecule has 0 saturated carbocycles. The number of phenolic OH excluding ortho intramolecular Hbond substituents is 1. The summed E-state index contributed by atoms with van der Waals surface area (Å²) < 4.78 is 13.6. The Morgan fingerprint density at radius 3 is 2.67 bits per heavy atom. The minimum absolute atomic E-state index is 0.156. The maximum absolute atomic E-state index is 13.6. The molecule has 0 bridgehead atoms. The summed E-state index contributed by atoms with van der Waals surface area (Å²) in [7, 11) is 0. The number of aromatic hydroxyl groups is 1. The molecule has 0 atom stereocenters. The van der Waals surface area contributed by atoms with Crippen LogP contribution < -0.4 is 5.32 Å². The molecule has 8 heteroatoms. The normalized spacial score (nSPS) is 10.2. The molecule has 6 nitrogen and oxygen atoms in total. The highest BCUT2D eigenvalue weighted by Crippen LogP contribution is 2.30. The number of nitro groups is 1. The third-order valence-corrected chi connectivity index (χ3v) is 2.87. The van der Waals surface area contributed by atoms with Crippen LogP contribution in [0.4, 0.5) is 15.8 Å². The fraction of sp³-hybridized carbons (Fsp3) is 0. The van der Waals surface area contributed by atoms with Gasteiger partial charge in [-0.1, -0.05) is 17.7 Å². The summed E-state index contributed by atoms with van der Waals surface area (Å²) in [5.41, 5.74) is -1.10. The second kappa shape index (κ2) is 5.76. The highest BCUT2D eigenvalue weighted by Gasteiger charge is 2.21. The molecule has 2 aromatic carbocycles. The van der Waals surface area contributed by atoms with Crippen molar-refractivity contribution in [1.29, 1.82) is 0 Å². The summed E-state index contributed by atoms with van der Waals surface area (Å²) in [6, 6.07) is 7.09. The first-order valence-corrected chi connectivity index (χ1v) is 6.00. The van der Waals surface area contributed by atoms with E-state index in [0.717, 1.165) is 12.1 Å². The lowest BCUT2D eigenvalue weighted by Gasteiger charge is -2.08. The molecular weight excluding hydrogens is 303 g/mol. The second-order valence-electron chi connectivity index (χ2n) is 4.01. The standard InChI is InChI=1S/C13H8ClFN2O4/c14-7-4-5-10(9(15)6-7)16-13(19)8-2-1-3-11(12(8)18)17(20)21/h1-6,18H,(H,16,19). The number of anilines is 1. The topological polar surface area (TPSA) is 92.5 Å². The van der Waals surface area contributed by atoms with Crippen molar-refractivity contribution in [3.63, 3.8) is 0 Å². The maximum atomic E-state index is 13.6. The predicted molar refractivity (Wildman–Crippen MR) is 74.1 cm³/mol. The molecule has 0 aliphatic rings. The van der Waals surface area contributed by atoms with E-state index < -0.39 is 28.1 Å². The number of nitro benzene ring substituents is 1. The summed E-state index contributed by atoms with van der Waals surface area (Å²) in [5.74, 6) is -2.42. The molecule has 0 radical (unpaired) electrons. The number of hydrogen-bond donors (Lipinski definition) is 2. The monoisotopic (exact) mass is 310 g/mol. The molecule has 0 unspecified atom stereocenters. The summed E-state index contributed by atoms with van der Waals surface area (Å²) in [5, 5.41) is 22.8. The fourth-order valence-electron chi connectivity index (χ4n) is 1.64. The van der Waals surface area contributed by atoms with Crippen molar-refractivity contribution in [3.05, 3.63) is 62.9 Å². The molecule has 21 heavy (non-hydrogen) atoms. The van der Waals surface area contributed by atoms with Crippen LogP contribution in [0.25, 0.3) is 0 Å². The molecule has 0 aliphatic carbocycles. The predicted octanol–water partition coefficient (Wildman–Crippen LogP) is 3.35. The van der Waals surface area contributed by atoms with E-state index in [0.29, 0.717) is 0 Å². The number of nitrogens with one attached hydrogen (secondary N) is 1. The van der Waals surface area contributed by atoms with Gasteiger partial charge in [0.05, 0.1) is 16.2 Å². The lowest BCUT2D eigenvalue weighted by molar-refractivity contribution is -0.385. The zero-order valence-corrected chi connectivity index (χ0v) is 11.1. The van der Waals surface area contributed by atoms with Crippen LogP contribution in [0.1, 0.15) is 10.4 Å². The van der Waals surface area contributed by atoms with Crippen molar-refractivity contribution in [2.24, 2.45) is 0 Å². The molecule has 1 amide bonds. The van der Waals surface area contributed by atoms with Gasteiger partial charge in [0.1, 0.15) is 5.82 Å². The highest BCUT2D eigenvalue weighted by atomic mass is 35.5. The minimum Gasteiger partial charge on any atom is -0.502 e. The molecule has 2 aromatic rings. The number of carbonyl (C=O) groups excluding carboxylic acids is 1. The Morgan fingerprint density at radius 1 is 1.33 bits per heavy atom. The number of rotatable bonds is 3. The molecule has 0 heterocycles. The van der Waals surface area contributed by atoms with E-state index in [1.165, 1.54) is 24.3 Å². The Kier molecular flexibility index (Phi) is 4.04. The average Bonchev–Trinajstić information content (AvgIpc) is 2.41. The average molecular weight is 311 g/mol. The maximum Gasteiger partial charge on any atom is 0.311 e. The van der Waals surface area contributed by atoms with E-state index >= 15 is 0 Å². The number of benzene rings is 2. The molecule has 0 saturated heterocycles. The lowest BCUT2D eigenvalue weighted by Crippen LogP contribution is -2.13. The van der Waals surface area contributed by atoms with Gasteiger partial charge in [0.25, 0.3) is 5.91 Å². The lowest BCUT2D eigenvalue weighted by atomic mass is 10.1. The molecule has 0 spiro atoms. The SMILES string of the molecule is O=C(Nc1ccc(Cl)cc1F)c1cccc([N+](=O)[O-])c1O. The summed E-state index contributed by atoms with van der Waals surface area (Å²) in [6.45, 7) is 0. The van der Waals surface area contributed by atoms with Crippen LogP contribution in [-0.4, -0.2) is 15.9 Å². The first-order valence-electron chi connectivity index (χ1n) is 5.63. The van der Waals surface area contributed by atoms with E-state index in [2.05, 4.69) is 5.32 Å². The number of phenols is 1. The van der Waals surface area contributed by atoms with E-state index in [1.54, 1.807) is 0 Å². The quantitative estimate of drug-likeness (QED) is 0.671. The van der Waals surface area contributed by atoms with Crippen LogP contribution >= 0.6 is 11.6 Å². The molecule has 108 valence electrons. The van der Waals surface area contributed by atoms with E-state index in [-0.39, 0.29) is 16.3 Å².